The number of carbonyl (C=O) groups is 2. The van der Waals surface area contributed by atoms with Gasteiger partial charge in [-0.1, -0.05) is 12.8 Å². The maximum atomic E-state index is 11.6. The molecule has 0 radical (unpaired) electrons. The van der Waals surface area contributed by atoms with Crippen LogP contribution in [0.1, 0.15) is 39.0 Å². The summed E-state index contributed by atoms with van der Waals surface area (Å²) in [5, 5.41) is 1.46. The summed E-state index contributed by atoms with van der Waals surface area (Å²) in [6, 6.07) is 0. The summed E-state index contributed by atoms with van der Waals surface area (Å²) in [4.78, 5) is 22.0. The lowest BCUT2D eigenvalue weighted by Crippen LogP contribution is -2.48. The van der Waals surface area contributed by atoms with Crippen molar-refractivity contribution in [3.05, 3.63) is 0 Å². The molecule has 1 aliphatic heterocycles. The highest BCUT2D eigenvalue weighted by Crippen LogP contribution is 2.38. The second-order valence-electron chi connectivity index (χ2n) is 4.86. The molecule has 2 fully saturated rings. The van der Waals surface area contributed by atoms with Crippen LogP contribution in [0.25, 0.3) is 0 Å². The van der Waals surface area contributed by atoms with E-state index in [1.807, 2.05) is 0 Å². The first-order valence-electron chi connectivity index (χ1n) is 5.67. The molecule has 0 spiro atoms. The Balaban J connectivity index is 2.04. The van der Waals surface area contributed by atoms with E-state index in [0.717, 1.165) is 6.29 Å². The van der Waals surface area contributed by atoms with E-state index in [0.29, 0.717) is 12.3 Å². The summed E-state index contributed by atoms with van der Waals surface area (Å²) in [6.45, 7) is 2.27. The summed E-state index contributed by atoms with van der Waals surface area (Å²) in [5.74, 6) is 0.634. The van der Waals surface area contributed by atoms with E-state index in [2.05, 4.69) is 12.3 Å². The molecular weight excluding hydrogens is 192 g/mol. The maximum Gasteiger partial charge on any atom is 0.239 e. The van der Waals surface area contributed by atoms with Crippen molar-refractivity contribution in [2.75, 3.05) is 6.54 Å². The Morgan fingerprint density at radius 2 is 2.20 bits per heavy atom. The lowest BCUT2D eigenvalue weighted by molar-refractivity contribution is -0.131. The van der Waals surface area contributed by atoms with Gasteiger partial charge < -0.3 is 4.79 Å². The zero-order valence-electron chi connectivity index (χ0n) is 9.16. The first-order chi connectivity index (χ1) is 7.15. The topological polar surface area (TPSA) is 49.4 Å². The SMILES string of the molecule is CC1(C2CCCC2)CC(=O)N(CC=O)N1. The third-order valence-electron chi connectivity index (χ3n) is 3.72. The molecule has 15 heavy (non-hydrogen) atoms. The molecule has 1 atom stereocenters. The smallest absolute Gasteiger partial charge is 0.239 e. The number of nitrogens with one attached hydrogen (secondary N) is 1. The third-order valence-corrected chi connectivity index (χ3v) is 3.72. The van der Waals surface area contributed by atoms with Crippen LogP contribution >= 0.6 is 0 Å². The normalized spacial score (nSPS) is 32.6. The van der Waals surface area contributed by atoms with Crippen molar-refractivity contribution in [3.8, 4) is 0 Å². The molecule has 1 heterocycles. The van der Waals surface area contributed by atoms with Gasteiger partial charge in [-0.15, -0.1) is 0 Å². The summed E-state index contributed by atoms with van der Waals surface area (Å²) in [5.41, 5.74) is 3.10. The van der Waals surface area contributed by atoms with Gasteiger partial charge in [-0.2, -0.15) is 0 Å². The lowest BCUT2D eigenvalue weighted by atomic mass is 9.83. The Morgan fingerprint density at radius 3 is 2.80 bits per heavy atom. The molecule has 4 nitrogen and oxygen atoms in total. The number of hydrogen-bond acceptors (Lipinski definition) is 3. The van der Waals surface area contributed by atoms with Crippen LogP contribution in [0.5, 0.6) is 0 Å². The predicted molar refractivity (Wildman–Crippen MR) is 55.9 cm³/mol. The second kappa shape index (κ2) is 3.93. The largest absolute Gasteiger partial charge is 0.301 e. The van der Waals surface area contributed by atoms with Gasteiger partial charge in [0.1, 0.15) is 6.29 Å². The van der Waals surface area contributed by atoms with E-state index < -0.39 is 0 Å². The van der Waals surface area contributed by atoms with Gasteiger partial charge >= 0.3 is 0 Å². The van der Waals surface area contributed by atoms with Crippen LogP contribution in [0.4, 0.5) is 0 Å². The van der Waals surface area contributed by atoms with Crippen molar-refractivity contribution >= 4 is 12.2 Å². The minimum atomic E-state index is -0.114. The van der Waals surface area contributed by atoms with E-state index >= 15 is 0 Å². The first-order valence-corrected chi connectivity index (χ1v) is 5.67. The molecule has 0 aromatic rings. The van der Waals surface area contributed by atoms with Crippen molar-refractivity contribution in [2.45, 2.75) is 44.6 Å². The Hall–Kier alpha value is -0.900. The number of aldehydes is 1. The van der Waals surface area contributed by atoms with Gasteiger partial charge in [-0.25, -0.2) is 5.43 Å². The third kappa shape index (κ3) is 1.91. The number of hydrazine groups is 1. The van der Waals surface area contributed by atoms with Crippen LogP contribution in [0, 0.1) is 5.92 Å². The summed E-state index contributed by atoms with van der Waals surface area (Å²) in [6.07, 6.45) is 6.24. The van der Waals surface area contributed by atoms with Crippen LogP contribution < -0.4 is 5.43 Å². The molecule has 1 amide bonds. The Bertz CT molecular complexity index is 274. The fourth-order valence-corrected chi connectivity index (χ4v) is 2.84. The molecule has 1 aliphatic carbocycles. The van der Waals surface area contributed by atoms with Gasteiger partial charge in [0, 0.05) is 12.0 Å². The van der Waals surface area contributed by atoms with Gasteiger partial charge in [0.2, 0.25) is 5.91 Å². The van der Waals surface area contributed by atoms with Crippen molar-refractivity contribution in [3.63, 3.8) is 0 Å². The van der Waals surface area contributed by atoms with Gasteiger partial charge in [-0.05, 0) is 25.7 Å². The molecule has 84 valence electrons. The van der Waals surface area contributed by atoms with E-state index in [9.17, 15) is 9.59 Å². The fourth-order valence-electron chi connectivity index (χ4n) is 2.84. The van der Waals surface area contributed by atoms with E-state index in [4.69, 9.17) is 0 Å². The first kappa shape index (κ1) is 10.6. The Morgan fingerprint density at radius 1 is 1.53 bits per heavy atom. The number of hydrogen-bond donors (Lipinski definition) is 1. The van der Waals surface area contributed by atoms with Gasteiger partial charge in [-0.3, -0.25) is 9.80 Å². The maximum absolute atomic E-state index is 11.6. The van der Waals surface area contributed by atoms with Crippen LogP contribution in [0.2, 0.25) is 0 Å². The molecule has 0 aromatic heterocycles. The molecule has 0 bridgehead atoms. The van der Waals surface area contributed by atoms with Crippen LogP contribution in [0.3, 0.4) is 0 Å². The number of rotatable bonds is 3. The second-order valence-corrected chi connectivity index (χ2v) is 4.86. The highest BCUT2D eigenvalue weighted by Gasteiger charge is 2.45. The molecule has 0 aromatic carbocycles. The zero-order valence-corrected chi connectivity index (χ0v) is 9.16. The molecule has 2 aliphatic rings. The quantitative estimate of drug-likeness (QED) is 0.703. The highest BCUT2D eigenvalue weighted by atomic mass is 16.2. The minimum Gasteiger partial charge on any atom is -0.301 e. The predicted octanol–water partition coefficient (Wildman–Crippen LogP) is 0.871. The lowest BCUT2D eigenvalue weighted by Gasteiger charge is -2.31. The monoisotopic (exact) mass is 210 g/mol. The van der Waals surface area contributed by atoms with Gasteiger partial charge in [0.15, 0.2) is 0 Å². The van der Waals surface area contributed by atoms with Gasteiger partial charge in [0.05, 0.1) is 6.54 Å². The molecule has 4 heteroatoms. The van der Waals surface area contributed by atoms with Crippen molar-refractivity contribution in [2.24, 2.45) is 5.92 Å². The highest BCUT2D eigenvalue weighted by molar-refractivity contribution is 5.81. The molecular formula is C11H18N2O2. The minimum absolute atomic E-state index is 0.0523. The molecule has 2 rings (SSSR count). The average molecular weight is 210 g/mol. The number of nitrogens with zero attached hydrogens (tertiary/aromatic N) is 1. The van der Waals surface area contributed by atoms with Crippen molar-refractivity contribution < 1.29 is 9.59 Å². The molecule has 1 saturated carbocycles. The van der Waals surface area contributed by atoms with E-state index in [1.54, 1.807) is 0 Å². The summed E-state index contributed by atoms with van der Waals surface area (Å²) in [7, 11) is 0. The van der Waals surface area contributed by atoms with Crippen molar-refractivity contribution in [1.82, 2.24) is 10.4 Å². The molecule has 1 unspecified atom stereocenters. The van der Waals surface area contributed by atoms with Crippen LogP contribution in [-0.2, 0) is 9.59 Å². The standard InChI is InChI=1S/C11H18N2O2/c1-11(9-4-2-3-5-9)8-10(15)13(12-11)6-7-14/h7,9,12H,2-6,8H2,1H3. The number of carbonyl (C=O) groups excluding carboxylic acids is 2. The van der Waals surface area contributed by atoms with Crippen LogP contribution in [0.15, 0.2) is 0 Å². The summed E-state index contributed by atoms with van der Waals surface area (Å²) < 4.78 is 0. The Labute approximate surface area is 90.0 Å². The fraction of sp³-hybridized carbons (Fsp3) is 0.818. The zero-order chi connectivity index (χ0) is 10.9. The van der Waals surface area contributed by atoms with E-state index in [1.165, 1.54) is 30.7 Å². The Kier molecular flexibility index (Phi) is 2.78. The molecule has 1 saturated heterocycles. The average Bonchev–Trinajstić information content (AvgIpc) is 2.77. The summed E-state index contributed by atoms with van der Waals surface area (Å²) >= 11 is 0. The van der Waals surface area contributed by atoms with Crippen molar-refractivity contribution in [1.29, 1.82) is 0 Å². The van der Waals surface area contributed by atoms with Gasteiger partial charge in [0.25, 0.3) is 0 Å². The molecule has 1 N–H and O–H groups in total. The van der Waals surface area contributed by atoms with Crippen LogP contribution in [-0.4, -0.2) is 29.3 Å². The van der Waals surface area contributed by atoms with E-state index in [-0.39, 0.29) is 18.0 Å². The number of amides is 1.